The zero-order valence-corrected chi connectivity index (χ0v) is 21.5. The predicted molar refractivity (Wildman–Crippen MR) is 140 cm³/mol. The molecule has 0 fully saturated rings. The molecule has 0 radical (unpaired) electrons. The second-order valence-corrected chi connectivity index (χ2v) is 10.5. The summed E-state index contributed by atoms with van der Waals surface area (Å²) in [5.41, 5.74) is 4.69. The van der Waals surface area contributed by atoms with Crippen LogP contribution in [0.5, 0.6) is 0 Å². The average Bonchev–Trinajstić information content (AvgIpc) is 3.26. The van der Waals surface area contributed by atoms with Gasteiger partial charge in [-0.1, -0.05) is 32.0 Å². The number of nitriles is 1. The topological polar surface area (TPSA) is 95.3 Å². The molecule has 1 amide bonds. The molecule has 36 heavy (non-hydrogen) atoms. The summed E-state index contributed by atoms with van der Waals surface area (Å²) in [6.45, 7) is 6.33. The molecule has 1 unspecified atom stereocenters. The number of thiophene rings is 1. The fourth-order valence-electron chi connectivity index (χ4n) is 5.22. The molecule has 1 aromatic carbocycles. The summed E-state index contributed by atoms with van der Waals surface area (Å²) < 4.78 is 5.86. The number of likely N-dealkylation sites (N-methyl/N-ethyl adjacent to an activating group) is 1. The number of anilines is 1. The number of hydrogen-bond acceptors (Lipinski definition) is 7. The largest absolute Gasteiger partial charge is 0.449 e. The third kappa shape index (κ3) is 4.49. The van der Waals surface area contributed by atoms with E-state index in [1.807, 2.05) is 31.2 Å². The summed E-state index contributed by atoms with van der Waals surface area (Å²) in [6.07, 6.45) is 4.10. The molecule has 3 heterocycles. The second-order valence-electron chi connectivity index (χ2n) is 9.37. The first kappa shape index (κ1) is 24.4. The van der Waals surface area contributed by atoms with Crippen LogP contribution in [0.3, 0.4) is 0 Å². The Labute approximate surface area is 215 Å². The van der Waals surface area contributed by atoms with Gasteiger partial charge in [0.2, 0.25) is 0 Å². The molecular formula is C28H30N4O3S. The molecule has 1 atom stereocenters. The third-order valence-corrected chi connectivity index (χ3v) is 8.42. The highest BCUT2D eigenvalue weighted by Gasteiger charge is 2.30. The first-order chi connectivity index (χ1) is 17.5. The van der Waals surface area contributed by atoms with Crippen molar-refractivity contribution in [2.24, 2.45) is 0 Å². The Kier molecular flexibility index (Phi) is 7.04. The fourth-order valence-corrected chi connectivity index (χ4v) is 6.47. The monoisotopic (exact) mass is 502 g/mol. The van der Waals surface area contributed by atoms with Gasteiger partial charge in [0.05, 0.1) is 16.6 Å². The van der Waals surface area contributed by atoms with E-state index in [-0.39, 0.29) is 0 Å². The minimum atomic E-state index is -0.961. The number of hydrogen-bond donors (Lipinski definition) is 1. The highest BCUT2D eigenvalue weighted by Crippen LogP contribution is 2.38. The molecule has 2 aromatic heterocycles. The first-order valence-corrected chi connectivity index (χ1v) is 13.5. The lowest BCUT2D eigenvalue weighted by Gasteiger charge is -2.29. The van der Waals surface area contributed by atoms with Gasteiger partial charge < -0.3 is 10.1 Å². The molecule has 0 saturated heterocycles. The number of carbonyl (C=O) groups is 2. The normalized spacial score (nSPS) is 16.0. The number of ether oxygens (including phenoxy) is 1. The van der Waals surface area contributed by atoms with Crippen molar-refractivity contribution in [1.82, 2.24) is 9.88 Å². The van der Waals surface area contributed by atoms with Crippen LogP contribution in [0.15, 0.2) is 24.3 Å². The number of benzene rings is 1. The van der Waals surface area contributed by atoms with Crippen LogP contribution in [-0.2, 0) is 35.3 Å². The maximum Gasteiger partial charge on any atom is 0.340 e. The molecule has 2 aliphatic rings. The summed E-state index contributed by atoms with van der Waals surface area (Å²) in [6, 6.07) is 9.87. The molecule has 1 aliphatic carbocycles. The van der Waals surface area contributed by atoms with Crippen molar-refractivity contribution in [3.63, 3.8) is 0 Å². The van der Waals surface area contributed by atoms with Gasteiger partial charge in [-0.2, -0.15) is 5.26 Å². The summed E-state index contributed by atoms with van der Waals surface area (Å²) in [7, 11) is 0. The number of aryl methyl sites for hydroxylation is 1. The predicted octanol–water partition coefficient (Wildman–Crippen LogP) is 5.00. The van der Waals surface area contributed by atoms with Gasteiger partial charge in [-0.15, -0.1) is 11.3 Å². The second kappa shape index (κ2) is 10.4. The molecule has 0 bridgehead atoms. The number of nitrogens with one attached hydrogen (secondary N) is 1. The standard InChI is InChI=1S/C28H30N4O3S/c1-3-23(26(33)31-27-19(15-29)17-9-6-8-12-24(17)36-27)35-28(34)25-18-10-5-7-11-21(18)30-22-13-14-32(4-2)16-20(22)25/h5,7,10-11,23H,3-4,6,8-9,12-14,16H2,1-2H3,(H,31,33). The minimum absolute atomic E-state index is 0.330. The lowest BCUT2D eigenvalue weighted by Crippen LogP contribution is -2.35. The minimum Gasteiger partial charge on any atom is -0.449 e. The van der Waals surface area contributed by atoms with E-state index in [1.165, 1.54) is 16.2 Å². The van der Waals surface area contributed by atoms with Gasteiger partial charge in [0.1, 0.15) is 11.1 Å². The van der Waals surface area contributed by atoms with Crippen molar-refractivity contribution in [3.8, 4) is 6.07 Å². The van der Waals surface area contributed by atoms with E-state index < -0.39 is 18.0 Å². The SMILES string of the molecule is CCC(OC(=O)c1c2c(nc3ccccc13)CCN(CC)C2)C(=O)Nc1sc2c(c1C#N)CCCC2. The third-order valence-electron chi connectivity index (χ3n) is 7.21. The number of nitrogens with zero attached hydrogens (tertiary/aromatic N) is 3. The number of esters is 1. The van der Waals surface area contributed by atoms with Crippen molar-refractivity contribution in [2.75, 3.05) is 18.4 Å². The van der Waals surface area contributed by atoms with Crippen LogP contribution in [-0.4, -0.2) is 41.0 Å². The molecule has 186 valence electrons. The van der Waals surface area contributed by atoms with E-state index in [9.17, 15) is 14.9 Å². The van der Waals surface area contributed by atoms with Crippen LogP contribution >= 0.6 is 11.3 Å². The summed E-state index contributed by atoms with van der Waals surface area (Å²) >= 11 is 1.47. The van der Waals surface area contributed by atoms with Gasteiger partial charge >= 0.3 is 5.97 Å². The Morgan fingerprint density at radius 2 is 2.00 bits per heavy atom. The fraction of sp³-hybridized carbons (Fsp3) is 0.429. The van der Waals surface area contributed by atoms with Crippen LogP contribution in [0, 0.1) is 11.3 Å². The smallest absolute Gasteiger partial charge is 0.340 e. The van der Waals surface area contributed by atoms with Gasteiger partial charge in [-0.3, -0.25) is 14.7 Å². The number of aromatic nitrogens is 1. The van der Waals surface area contributed by atoms with Crippen molar-refractivity contribution in [2.45, 2.75) is 65.0 Å². The van der Waals surface area contributed by atoms with Crippen molar-refractivity contribution in [1.29, 1.82) is 5.26 Å². The van der Waals surface area contributed by atoms with Crippen molar-refractivity contribution < 1.29 is 14.3 Å². The van der Waals surface area contributed by atoms with E-state index >= 15 is 0 Å². The zero-order chi connectivity index (χ0) is 25.2. The average molecular weight is 503 g/mol. The summed E-state index contributed by atoms with van der Waals surface area (Å²) in [5.74, 6) is -0.904. The Morgan fingerprint density at radius 1 is 1.19 bits per heavy atom. The summed E-state index contributed by atoms with van der Waals surface area (Å²) in [5, 5.41) is 13.9. The van der Waals surface area contributed by atoms with Crippen molar-refractivity contribution in [3.05, 3.63) is 57.1 Å². The van der Waals surface area contributed by atoms with Crippen LogP contribution in [0.4, 0.5) is 5.00 Å². The molecule has 1 N–H and O–H groups in total. The quantitative estimate of drug-likeness (QED) is 0.477. The highest BCUT2D eigenvalue weighted by molar-refractivity contribution is 7.16. The summed E-state index contributed by atoms with van der Waals surface area (Å²) in [4.78, 5) is 35.1. The number of rotatable bonds is 6. The Balaban J connectivity index is 1.43. The van der Waals surface area contributed by atoms with E-state index in [1.54, 1.807) is 0 Å². The van der Waals surface area contributed by atoms with Gasteiger partial charge in [0, 0.05) is 41.0 Å². The maximum atomic E-state index is 13.6. The molecule has 5 rings (SSSR count). The number of carbonyl (C=O) groups excluding carboxylic acids is 2. The lowest BCUT2D eigenvalue weighted by atomic mass is 9.95. The van der Waals surface area contributed by atoms with Crippen LogP contribution < -0.4 is 5.32 Å². The van der Waals surface area contributed by atoms with Crippen LogP contribution in [0.2, 0.25) is 0 Å². The zero-order valence-electron chi connectivity index (χ0n) is 20.7. The van der Waals surface area contributed by atoms with E-state index in [2.05, 4.69) is 23.2 Å². The molecule has 8 heteroatoms. The number of para-hydroxylation sites is 1. The van der Waals surface area contributed by atoms with Gasteiger partial charge in [0.25, 0.3) is 5.91 Å². The molecule has 7 nitrogen and oxygen atoms in total. The maximum absolute atomic E-state index is 13.6. The molecule has 1 aliphatic heterocycles. The van der Waals surface area contributed by atoms with Gasteiger partial charge in [-0.25, -0.2) is 4.79 Å². The van der Waals surface area contributed by atoms with E-state index in [0.717, 1.165) is 72.9 Å². The first-order valence-electron chi connectivity index (χ1n) is 12.7. The van der Waals surface area contributed by atoms with Gasteiger partial charge in [0.15, 0.2) is 6.10 Å². The highest BCUT2D eigenvalue weighted by atomic mass is 32.1. The van der Waals surface area contributed by atoms with Crippen LogP contribution in [0.1, 0.15) is 70.7 Å². The Bertz CT molecular complexity index is 1370. The Morgan fingerprint density at radius 3 is 2.78 bits per heavy atom. The molecular weight excluding hydrogens is 472 g/mol. The number of fused-ring (bicyclic) bond motifs is 3. The number of pyridine rings is 1. The van der Waals surface area contributed by atoms with Crippen LogP contribution in [0.25, 0.3) is 10.9 Å². The number of amides is 1. The van der Waals surface area contributed by atoms with E-state index in [4.69, 9.17) is 9.72 Å². The molecule has 0 saturated carbocycles. The lowest BCUT2D eigenvalue weighted by molar-refractivity contribution is -0.124. The van der Waals surface area contributed by atoms with Gasteiger partial charge in [-0.05, 0) is 50.3 Å². The Hall–Kier alpha value is -3.28. The van der Waals surface area contributed by atoms with E-state index in [0.29, 0.717) is 29.1 Å². The molecule has 0 spiro atoms. The van der Waals surface area contributed by atoms with Crippen molar-refractivity contribution >= 4 is 39.1 Å². The molecule has 3 aromatic rings.